The number of carbonyl (C=O) groups excluding carboxylic acids is 1. The molecule has 1 heterocycles. The Morgan fingerprint density at radius 2 is 1.85 bits per heavy atom. The van der Waals surface area contributed by atoms with Gasteiger partial charge in [0.1, 0.15) is 11.3 Å². The zero-order chi connectivity index (χ0) is 23.4. The monoisotopic (exact) mass is 487 g/mol. The van der Waals surface area contributed by atoms with Gasteiger partial charge in [-0.15, -0.1) is 0 Å². The molecule has 2 aromatic carbocycles. The van der Waals surface area contributed by atoms with Crippen molar-refractivity contribution in [3.05, 3.63) is 48.0 Å². The summed E-state index contributed by atoms with van der Waals surface area (Å²) in [6.45, 7) is 4.76. The van der Waals surface area contributed by atoms with Gasteiger partial charge >= 0.3 is 0 Å². The number of sulfonamides is 1. The maximum Gasteiger partial charge on any atom is 0.257 e. The number of benzene rings is 2. The van der Waals surface area contributed by atoms with Crippen LogP contribution < -0.4 is 10.1 Å². The molecule has 33 heavy (non-hydrogen) atoms. The van der Waals surface area contributed by atoms with Crippen LogP contribution in [0.5, 0.6) is 5.75 Å². The topological polar surface area (TPSA) is 88.6 Å². The molecule has 0 aliphatic heterocycles. The molecule has 1 aliphatic rings. The fourth-order valence-electron chi connectivity index (χ4n) is 4.33. The Hall–Kier alpha value is -2.49. The summed E-state index contributed by atoms with van der Waals surface area (Å²) in [5.74, 6) is 0.343. The average Bonchev–Trinajstić information content (AvgIpc) is 3.24. The van der Waals surface area contributed by atoms with Gasteiger partial charge in [-0.1, -0.05) is 43.6 Å². The van der Waals surface area contributed by atoms with Crippen molar-refractivity contribution in [2.75, 3.05) is 18.5 Å². The number of para-hydroxylation sites is 1. The van der Waals surface area contributed by atoms with E-state index in [-0.39, 0.29) is 16.8 Å². The second-order valence-electron chi connectivity index (χ2n) is 8.03. The van der Waals surface area contributed by atoms with E-state index in [0.717, 1.165) is 30.4 Å². The summed E-state index contributed by atoms with van der Waals surface area (Å²) in [6.07, 6.45) is 5.10. The van der Waals surface area contributed by atoms with Gasteiger partial charge in [0.2, 0.25) is 10.0 Å². The molecule has 7 nitrogen and oxygen atoms in total. The van der Waals surface area contributed by atoms with E-state index in [2.05, 4.69) is 10.3 Å². The summed E-state index contributed by atoms with van der Waals surface area (Å²) < 4.78 is 34.6. The Balaban J connectivity index is 1.50. The van der Waals surface area contributed by atoms with E-state index in [4.69, 9.17) is 4.74 Å². The van der Waals surface area contributed by atoms with Crippen LogP contribution in [-0.2, 0) is 10.0 Å². The first-order chi connectivity index (χ1) is 15.9. The summed E-state index contributed by atoms with van der Waals surface area (Å²) >= 11 is 1.36. The second-order valence-corrected chi connectivity index (χ2v) is 11.0. The highest BCUT2D eigenvalue weighted by Crippen LogP contribution is 2.33. The van der Waals surface area contributed by atoms with Gasteiger partial charge in [0, 0.05) is 18.2 Å². The van der Waals surface area contributed by atoms with Gasteiger partial charge in [0.05, 0.1) is 16.2 Å². The minimum absolute atomic E-state index is 0.0531. The van der Waals surface area contributed by atoms with Crippen molar-refractivity contribution >= 4 is 42.6 Å². The number of anilines is 1. The van der Waals surface area contributed by atoms with Crippen molar-refractivity contribution in [2.45, 2.75) is 56.9 Å². The van der Waals surface area contributed by atoms with Crippen molar-refractivity contribution < 1.29 is 17.9 Å². The van der Waals surface area contributed by atoms with Gasteiger partial charge in [0.15, 0.2) is 5.13 Å². The SMILES string of the molecule is CCOc1cccc2sc(NC(=O)c3ccc(S(=O)(=O)N(CC)C4CCCCC4)cc3)nc12. The van der Waals surface area contributed by atoms with Crippen LogP contribution in [0.1, 0.15) is 56.3 Å². The lowest BCUT2D eigenvalue weighted by Gasteiger charge is -2.32. The number of amides is 1. The van der Waals surface area contributed by atoms with Crippen LogP contribution in [0.4, 0.5) is 5.13 Å². The molecule has 1 saturated carbocycles. The zero-order valence-corrected chi connectivity index (χ0v) is 20.5. The lowest BCUT2D eigenvalue weighted by molar-refractivity contribution is 0.102. The lowest BCUT2D eigenvalue weighted by atomic mass is 9.95. The highest BCUT2D eigenvalue weighted by Gasteiger charge is 2.31. The van der Waals surface area contributed by atoms with Gasteiger partial charge in [-0.05, 0) is 56.2 Å². The molecule has 1 aliphatic carbocycles. The van der Waals surface area contributed by atoms with Crippen molar-refractivity contribution in [3.8, 4) is 5.75 Å². The molecular formula is C24H29N3O4S2. The van der Waals surface area contributed by atoms with Crippen LogP contribution in [0.3, 0.4) is 0 Å². The summed E-state index contributed by atoms with van der Waals surface area (Å²) in [5, 5.41) is 3.28. The quantitative estimate of drug-likeness (QED) is 0.466. The van der Waals surface area contributed by atoms with Crippen LogP contribution >= 0.6 is 11.3 Å². The number of aromatic nitrogens is 1. The number of hydrogen-bond acceptors (Lipinski definition) is 6. The molecule has 1 amide bonds. The van der Waals surface area contributed by atoms with Gasteiger partial charge in [-0.2, -0.15) is 4.31 Å². The van der Waals surface area contributed by atoms with Gasteiger partial charge in [0.25, 0.3) is 5.91 Å². The van der Waals surface area contributed by atoms with Crippen molar-refractivity contribution in [3.63, 3.8) is 0 Å². The molecule has 0 unspecified atom stereocenters. The third-order valence-corrected chi connectivity index (χ3v) is 8.90. The van der Waals surface area contributed by atoms with E-state index in [9.17, 15) is 13.2 Å². The second kappa shape index (κ2) is 10.2. The summed E-state index contributed by atoms with van der Waals surface area (Å²) in [4.78, 5) is 17.5. The third kappa shape index (κ3) is 5.05. The highest BCUT2D eigenvalue weighted by molar-refractivity contribution is 7.89. The van der Waals surface area contributed by atoms with E-state index < -0.39 is 10.0 Å². The van der Waals surface area contributed by atoms with Crippen LogP contribution in [0.15, 0.2) is 47.4 Å². The molecule has 1 N–H and O–H groups in total. The predicted octanol–water partition coefficient (Wildman–Crippen LogP) is 5.29. The number of rotatable bonds is 8. The van der Waals surface area contributed by atoms with Crippen LogP contribution in [0.2, 0.25) is 0 Å². The number of nitrogens with zero attached hydrogens (tertiary/aromatic N) is 2. The average molecular weight is 488 g/mol. The third-order valence-electron chi connectivity index (χ3n) is 5.92. The Labute approximate surface area is 198 Å². The van der Waals surface area contributed by atoms with E-state index in [1.54, 1.807) is 16.4 Å². The first-order valence-electron chi connectivity index (χ1n) is 11.4. The number of fused-ring (bicyclic) bond motifs is 1. The fourth-order valence-corrected chi connectivity index (χ4v) is 6.90. The van der Waals surface area contributed by atoms with Crippen molar-refractivity contribution in [1.82, 2.24) is 9.29 Å². The van der Waals surface area contributed by atoms with Crippen LogP contribution in [0.25, 0.3) is 10.2 Å². The molecule has 176 valence electrons. The Kier molecular flexibility index (Phi) is 7.31. The van der Waals surface area contributed by atoms with E-state index in [0.29, 0.717) is 35.1 Å². The molecule has 0 spiro atoms. The zero-order valence-electron chi connectivity index (χ0n) is 18.9. The minimum atomic E-state index is -3.60. The molecule has 3 aromatic rings. The molecule has 1 aromatic heterocycles. The number of nitrogens with one attached hydrogen (secondary N) is 1. The summed E-state index contributed by atoms with van der Waals surface area (Å²) in [7, 11) is -3.60. The highest BCUT2D eigenvalue weighted by atomic mass is 32.2. The normalized spacial score (nSPS) is 15.1. The Morgan fingerprint density at radius 1 is 1.12 bits per heavy atom. The van der Waals surface area contributed by atoms with Crippen molar-refractivity contribution in [2.24, 2.45) is 0 Å². The molecular weight excluding hydrogens is 458 g/mol. The molecule has 9 heteroatoms. The smallest absolute Gasteiger partial charge is 0.257 e. The molecule has 0 atom stereocenters. The number of thiazole rings is 1. The molecule has 0 saturated heterocycles. The lowest BCUT2D eigenvalue weighted by Crippen LogP contribution is -2.41. The number of ether oxygens (including phenoxy) is 1. The van der Waals surface area contributed by atoms with Crippen LogP contribution in [-0.4, -0.2) is 42.8 Å². The maximum atomic E-state index is 13.2. The molecule has 0 radical (unpaired) electrons. The first kappa shape index (κ1) is 23.7. The number of carbonyl (C=O) groups is 1. The van der Waals surface area contributed by atoms with E-state index in [1.165, 1.54) is 29.9 Å². The standard InChI is InChI=1S/C24H29N3O4S2/c1-3-27(18-9-6-5-7-10-18)33(29,30)19-15-13-17(14-16-19)23(28)26-24-25-22-20(31-4-2)11-8-12-21(22)32-24/h8,11-16,18H,3-7,9-10H2,1-2H3,(H,25,26,28). The van der Waals surface area contributed by atoms with Gasteiger partial charge in [-0.3, -0.25) is 10.1 Å². The van der Waals surface area contributed by atoms with Crippen LogP contribution in [0, 0.1) is 0 Å². The van der Waals surface area contributed by atoms with Gasteiger partial charge in [-0.25, -0.2) is 13.4 Å². The van der Waals surface area contributed by atoms with Gasteiger partial charge < -0.3 is 4.74 Å². The molecule has 0 bridgehead atoms. The summed E-state index contributed by atoms with van der Waals surface area (Å²) in [6, 6.07) is 11.9. The molecule has 1 fully saturated rings. The first-order valence-corrected chi connectivity index (χ1v) is 13.6. The maximum absolute atomic E-state index is 13.2. The largest absolute Gasteiger partial charge is 0.492 e. The summed E-state index contributed by atoms with van der Waals surface area (Å²) in [5.41, 5.74) is 1.09. The van der Waals surface area contributed by atoms with Crippen molar-refractivity contribution in [1.29, 1.82) is 0 Å². The number of hydrogen-bond donors (Lipinski definition) is 1. The Morgan fingerprint density at radius 3 is 2.52 bits per heavy atom. The van der Waals surface area contributed by atoms with E-state index >= 15 is 0 Å². The minimum Gasteiger partial charge on any atom is -0.492 e. The Bertz CT molecular complexity index is 1220. The predicted molar refractivity (Wildman–Crippen MR) is 132 cm³/mol. The van der Waals surface area contributed by atoms with E-state index in [1.807, 2.05) is 32.0 Å². The molecule has 4 rings (SSSR count). The fraction of sp³-hybridized carbons (Fsp3) is 0.417.